The molecule has 0 saturated carbocycles. The van der Waals surface area contributed by atoms with Gasteiger partial charge in [0.1, 0.15) is 0 Å². The summed E-state index contributed by atoms with van der Waals surface area (Å²) >= 11 is 13.2. The maximum Gasteiger partial charge on any atom is 0.0599 e. The summed E-state index contributed by atoms with van der Waals surface area (Å²) in [6, 6.07) is 0. The molecule has 0 aromatic heterocycles. The topological polar surface area (TPSA) is 0 Å². The Balaban J connectivity index is 1.39. The van der Waals surface area contributed by atoms with Crippen LogP contribution in [0.15, 0.2) is 0 Å². The van der Waals surface area contributed by atoms with E-state index in [0.717, 1.165) is 20.3 Å². The first kappa shape index (κ1) is 14.1. The highest BCUT2D eigenvalue weighted by atomic mass is 32.2. The van der Waals surface area contributed by atoms with Crippen LogP contribution in [0.25, 0.3) is 0 Å². The highest BCUT2D eigenvalue weighted by Crippen LogP contribution is 2.43. The van der Waals surface area contributed by atoms with Gasteiger partial charge in [0.15, 0.2) is 0 Å². The van der Waals surface area contributed by atoms with Crippen LogP contribution in [0.3, 0.4) is 0 Å². The van der Waals surface area contributed by atoms with Crippen LogP contribution >= 0.6 is 70.6 Å². The lowest BCUT2D eigenvalue weighted by Gasteiger charge is -2.34. The van der Waals surface area contributed by atoms with Crippen LogP contribution in [0.1, 0.15) is 0 Å². The summed E-state index contributed by atoms with van der Waals surface area (Å²) in [5, 5.41) is 2.93. The van der Waals surface area contributed by atoms with Crippen molar-refractivity contribution in [3.05, 3.63) is 0 Å². The molecular weight excluding hydrogens is 325 g/mol. The summed E-state index contributed by atoms with van der Waals surface area (Å²) in [7, 11) is 0. The second-order valence-corrected chi connectivity index (χ2v) is 12.4. The maximum atomic E-state index is 2.29. The zero-order chi connectivity index (χ0) is 11.5. The lowest BCUT2D eigenvalue weighted by molar-refractivity contribution is 1.06. The fraction of sp³-hybridized carbons (Fsp3) is 1.00. The molecule has 0 atom stereocenters. The van der Waals surface area contributed by atoms with Gasteiger partial charge in [0.2, 0.25) is 0 Å². The molecule has 0 radical (unpaired) electrons. The Morgan fingerprint density at radius 3 is 1.59 bits per heavy atom. The summed E-state index contributed by atoms with van der Waals surface area (Å²) in [5.41, 5.74) is 0. The molecule has 0 bridgehead atoms. The van der Waals surface area contributed by atoms with Crippen LogP contribution in [0, 0.1) is 0 Å². The van der Waals surface area contributed by atoms with Crippen molar-refractivity contribution < 1.29 is 0 Å². The number of hydrogen-bond donors (Lipinski definition) is 0. The minimum atomic E-state index is 0.877. The second kappa shape index (κ2) is 7.21. The molecule has 0 N–H and O–H groups in total. The molecule has 3 rings (SSSR count). The molecular formula is C11H18S6. The van der Waals surface area contributed by atoms with Gasteiger partial charge < -0.3 is 0 Å². The van der Waals surface area contributed by atoms with E-state index >= 15 is 0 Å². The van der Waals surface area contributed by atoms with Gasteiger partial charge in [-0.05, 0) is 0 Å². The van der Waals surface area contributed by atoms with Gasteiger partial charge >= 0.3 is 0 Å². The smallest absolute Gasteiger partial charge is 0.0599 e. The first-order valence-corrected chi connectivity index (χ1v) is 12.5. The SMILES string of the molecule is C1SCC1SCC(SC1CSC1)SC1CSC1. The third kappa shape index (κ3) is 4.28. The van der Waals surface area contributed by atoms with Crippen molar-refractivity contribution in [1.82, 2.24) is 0 Å². The van der Waals surface area contributed by atoms with E-state index in [0.29, 0.717) is 0 Å². The van der Waals surface area contributed by atoms with Crippen LogP contribution in [-0.2, 0) is 0 Å². The highest BCUT2D eigenvalue weighted by molar-refractivity contribution is 8.21. The van der Waals surface area contributed by atoms with E-state index in [1.54, 1.807) is 0 Å². The van der Waals surface area contributed by atoms with Gasteiger partial charge in [-0.15, -0.1) is 23.5 Å². The molecule has 0 nitrogen and oxygen atoms in total. The van der Waals surface area contributed by atoms with E-state index in [1.807, 2.05) is 0 Å². The van der Waals surface area contributed by atoms with Crippen LogP contribution in [0.2, 0.25) is 0 Å². The van der Waals surface area contributed by atoms with Crippen molar-refractivity contribution in [3.8, 4) is 0 Å². The number of rotatable bonds is 7. The molecule has 0 aliphatic carbocycles. The van der Waals surface area contributed by atoms with E-state index in [-0.39, 0.29) is 0 Å². The largest absolute Gasteiger partial charge is 0.160 e. The first-order chi connectivity index (χ1) is 8.40. The molecule has 3 fully saturated rings. The molecule has 0 spiro atoms. The van der Waals surface area contributed by atoms with Crippen LogP contribution in [0.4, 0.5) is 0 Å². The minimum absolute atomic E-state index is 0.877. The van der Waals surface area contributed by atoms with Crippen molar-refractivity contribution >= 4 is 70.6 Å². The quantitative estimate of drug-likeness (QED) is 0.640. The summed E-state index contributed by atoms with van der Waals surface area (Å²) in [4.78, 5) is 0. The van der Waals surface area contributed by atoms with Crippen molar-refractivity contribution in [2.45, 2.75) is 20.3 Å². The van der Waals surface area contributed by atoms with E-state index in [2.05, 4.69) is 70.6 Å². The summed E-state index contributed by atoms with van der Waals surface area (Å²) in [6.07, 6.45) is 0. The fourth-order valence-electron chi connectivity index (χ4n) is 1.65. The van der Waals surface area contributed by atoms with Gasteiger partial charge in [-0.3, -0.25) is 0 Å². The van der Waals surface area contributed by atoms with Crippen LogP contribution < -0.4 is 0 Å². The zero-order valence-corrected chi connectivity index (χ0v) is 14.6. The third-order valence-electron chi connectivity index (χ3n) is 2.98. The van der Waals surface area contributed by atoms with Gasteiger partial charge in [0, 0.05) is 56.0 Å². The standard InChI is InChI=1S/C11H18S6/c1-8(2-12-1)15-7-11(16-9-3-13-4-9)17-10-5-14-6-10/h8-11H,1-7H2. The Kier molecular flexibility index (Phi) is 5.96. The van der Waals surface area contributed by atoms with Crippen LogP contribution in [-0.4, -0.2) is 60.6 Å². The highest BCUT2D eigenvalue weighted by Gasteiger charge is 2.29. The van der Waals surface area contributed by atoms with E-state index in [9.17, 15) is 0 Å². The molecule has 3 heterocycles. The average Bonchev–Trinajstić information content (AvgIpc) is 2.13. The molecule has 3 aliphatic rings. The summed E-state index contributed by atoms with van der Waals surface area (Å²) in [5.74, 6) is 9.84. The Labute approximate surface area is 130 Å². The lowest BCUT2D eigenvalue weighted by Crippen LogP contribution is -2.29. The first-order valence-electron chi connectivity index (χ1n) is 6.06. The monoisotopic (exact) mass is 342 g/mol. The predicted molar refractivity (Wildman–Crippen MR) is 94.8 cm³/mol. The normalized spacial score (nSPS) is 26.6. The van der Waals surface area contributed by atoms with Crippen molar-refractivity contribution in [1.29, 1.82) is 0 Å². The molecule has 0 aromatic rings. The molecule has 17 heavy (non-hydrogen) atoms. The molecule has 0 amide bonds. The predicted octanol–water partition coefficient (Wildman–Crippen LogP) is 3.86. The molecule has 98 valence electrons. The van der Waals surface area contributed by atoms with Gasteiger partial charge in [-0.25, -0.2) is 0 Å². The van der Waals surface area contributed by atoms with E-state index < -0.39 is 0 Å². The van der Waals surface area contributed by atoms with Crippen molar-refractivity contribution in [2.75, 3.05) is 40.3 Å². The van der Waals surface area contributed by atoms with E-state index in [1.165, 1.54) is 40.3 Å². The molecule has 3 saturated heterocycles. The van der Waals surface area contributed by atoms with Crippen molar-refractivity contribution in [2.24, 2.45) is 0 Å². The summed E-state index contributed by atoms with van der Waals surface area (Å²) < 4.78 is 0.877. The van der Waals surface area contributed by atoms with Crippen molar-refractivity contribution in [3.63, 3.8) is 0 Å². The van der Waals surface area contributed by atoms with Gasteiger partial charge in [-0.1, -0.05) is 0 Å². The Morgan fingerprint density at radius 1 is 0.765 bits per heavy atom. The Bertz CT molecular complexity index is 220. The van der Waals surface area contributed by atoms with Gasteiger partial charge in [0.05, 0.1) is 4.58 Å². The molecule has 0 unspecified atom stereocenters. The fourth-order valence-corrected chi connectivity index (χ4v) is 10.3. The Hall–Kier alpha value is 2.10. The van der Waals surface area contributed by atoms with Gasteiger partial charge in [-0.2, -0.15) is 47.0 Å². The molecule has 6 heteroatoms. The average molecular weight is 343 g/mol. The number of thioether (sulfide) groups is 6. The van der Waals surface area contributed by atoms with E-state index in [4.69, 9.17) is 0 Å². The lowest BCUT2D eigenvalue weighted by atomic mass is 10.5. The maximum absolute atomic E-state index is 2.29. The Morgan fingerprint density at radius 2 is 1.24 bits per heavy atom. The third-order valence-corrected chi connectivity index (χ3v) is 12.9. The molecule has 0 aromatic carbocycles. The van der Waals surface area contributed by atoms with Gasteiger partial charge in [0.25, 0.3) is 0 Å². The zero-order valence-electron chi connectivity index (χ0n) is 9.71. The number of hydrogen-bond acceptors (Lipinski definition) is 6. The molecule has 3 aliphatic heterocycles. The summed E-state index contributed by atoms with van der Waals surface area (Å²) in [6.45, 7) is 0. The minimum Gasteiger partial charge on any atom is -0.160 e. The second-order valence-electron chi connectivity index (χ2n) is 4.51. The van der Waals surface area contributed by atoms with Crippen LogP contribution in [0.5, 0.6) is 0 Å².